The SMILES string of the molecule is COCc1cccc(NC(C)c2ccc(OC)cc2F)c1. The van der Waals surface area contributed by atoms with Crippen LogP contribution in [0.3, 0.4) is 0 Å². The van der Waals surface area contributed by atoms with E-state index in [0.29, 0.717) is 17.9 Å². The van der Waals surface area contributed by atoms with Crippen molar-refractivity contribution in [2.24, 2.45) is 0 Å². The number of halogens is 1. The van der Waals surface area contributed by atoms with Gasteiger partial charge in [0.05, 0.1) is 19.8 Å². The maximum absolute atomic E-state index is 14.1. The summed E-state index contributed by atoms with van der Waals surface area (Å²) < 4.78 is 24.2. The molecule has 0 saturated carbocycles. The van der Waals surface area contributed by atoms with Crippen LogP contribution in [-0.4, -0.2) is 14.2 Å². The Morgan fingerprint density at radius 1 is 1.14 bits per heavy atom. The molecular formula is C17H20FNO2. The van der Waals surface area contributed by atoms with Gasteiger partial charge in [-0.2, -0.15) is 0 Å². The molecule has 2 rings (SSSR count). The first kappa shape index (κ1) is 15.3. The number of hydrogen-bond donors (Lipinski definition) is 1. The first-order chi connectivity index (χ1) is 10.1. The molecular weight excluding hydrogens is 269 g/mol. The van der Waals surface area contributed by atoms with Crippen molar-refractivity contribution in [3.63, 3.8) is 0 Å². The van der Waals surface area contributed by atoms with E-state index in [1.807, 2.05) is 31.2 Å². The van der Waals surface area contributed by atoms with Crippen molar-refractivity contribution in [3.05, 3.63) is 59.4 Å². The molecule has 0 aliphatic carbocycles. The lowest BCUT2D eigenvalue weighted by Gasteiger charge is -2.17. The fourth-order valence-electron chi connectivity index (χ4n) is 2.23. The molecule has 0 saturated heterocycles. The summed E-state index contributed by atoms with van der Waals surface area (Å²) in [6, 6.07) is 12.7. The molecule has 0 fully saturated rings. The number of ether oxygens (including phenoxy) is 2. The van der Waals surface area contributed by atoms with E-state index in [1.165, 1.54) is 13.2 Å². The molecule has 21 heavy (non-hydrogen) atoms. The van der Waals surface area contributed by atoms with Crippen molar-refractivity contribution in [2.75, 3.05) is 19.5 Å². The van der Waals surface area contributed by atoms with E-state index in [-0.39, 0.29) is 11.9 Å². The van der Waals surface area contributed by atoms with Crippen molar-refractivity contribution in [3.8, 4) is 5.75 Å². The molecule has 0 bridgehead atoms. The van der Waals surface area contributed by atoms with E-state index < -0.39 is 0 Å². The molecule has 0 aliphatic rings. The van der Waals surface area contributed by atoms with Gasteiger partial charge in [0.25, 0.3) is 0 Å². The van der Waals surface area contributed by atoms with Crippen molar-refractivity contribution in [2.45, 2.75) is 19.6 Å². The Labute approximate surface area is 124 Å². The second-order valence-electron chi connectivity index (χ2n) is 4.89. The summed E-state index contributed by atoms with van der Waals surface area (Å²) in [4.78, 5) is 0. The number of rotatable bonds is 6. The number of methoxy groups -OCH3 is 2. The van der Waals surface area contributed by atoms with E-state index in [4.69, 9.17) is 9.47 Å². The maximum atomic E-state index is 14.1. The number of anilines is 1. The highest BCUT2D eigenvalue weighted by atomic mass is 19.1. The molecule has 0 aliphatic heterocycles. The van der Waals surface area contributed by atoms with E-state index in [2.05, 4.69) is 5.32 Å². The lowest BCUT2D eigenvalue weighted by atomic mass is 10.1. The molecule has 0 amide bonds. The third-order valence-electron chi connectivity index (χ3n) is 3.30. The molecule has 4 heteroatoms. The molecule has 112 valence electrons. The second kappa shape index (κ2) is 7.09. The summed E-state index contributed by atoms with van der Waals surface area (Å²) >= 11 is 0. The molecule has 1 N–H and O–H groups in total. The van der Waals surface area contributed by atoms with Gasteiger partial charge in [0, 0.05) is 24.4 Å². The predicted molar refractivity (Wildman–Crippen MR) is 82.1 cm³/mol. The van der Waals surface area contributed by atoms with Gasteiger partial charge in [-0.25, -0.2) is 4.39 Å². The lowest BCUT2D eigenvalue weighted by molar-refractivity contribution is 0.185. The average Bonchev–Trinajstić information content (AvgIpc) is 2.47. The predicted octanol–water partition coefficient (Wildman–Crippen LogP) is 4.15. The first-order valence-electron chi connectivity index (χ1n) is 6.82. The maximum Gasteiger partial charge on any atom is 0.132 e. The van der Waals surface area contributed by atoms with Crippen LogP contribution in [0.5, 0.6) is 5.75 Å². The Kier molecular flexibility index (Phi) is 5.17. The number of nitrogens with one attached hydrogen (secondary N) is 1. The summed E-state index contributed by atoms with van der Waals surface area (Å²) in [6.45, 7) is 2.48. The van der Waals surface area contributed by atoms with E-state index in [1.54, 1.807) is 19.2 Å². The van der Waals surface area contributed by atoms with E-state index in [0.717, 1.165) is 11.3 Å². The Balaban J connectivity index is 2.14. The first-order valence-corrected chi connectivity index (χ1v) is 6.82. The number of hydrogen-bond acceptors (Lipinski definition) is 3. The van der Waals surface area contributed by atoms with Crippen LogP contribution in [0, 0.1) is 5.82 Å². The minimum absolute atomic E-state index is 0.145. The van der Waals surface area contributed by atoms with Gasteiger partial charge in [-0.3, -0.25) is 0 Å². The summed E-state index contributed by atoms with van der Waals surface area (Å²) in [5, 5.41) is 3.30. The summed E-state index contributed by atoms with van der Waals surface area (Å²) in [7, 11) is 3.19. The van der Waals surface area contributed by atoms with Crippen LogP contribution in [0.1, 0.15) is 24.1 Å². The monoisotopic (exact) mass is 289 g/mol. The topological polar surface area (TPSA) is 30.5 Å². The minimum atomic E-state index is -0.276. The quantitative estimate of drug-likeness (QED) is 0.866. The van der Waals surface area contributed by atoms with Gasteiger partial charge in [0.2, 0.25) is 0 Å². The van der Waals surface area contributed by atoms with Gasteiger partial charge in [-0.15, -0.1) is 0 Å². The molecule has 2 aromatic carbocycles. The molecule has 0 spiro atoms. The summed E-state index contributed by atoms with van der Waals surface area (Å²) in [6.07, 6.45) is 0. The minimum Gasteiger partial charge on any atom is -0.497 e. The van der Waals surface area contributed by atoms with Gasteiger partial charge in [-0.1, -0.05) is 18.2 Å². The second-order valence-corrected chi connectivity index (χ2v) is 4.89. The van der Waals surface area contributed by atoms with Crippen molar-refractivity contribution >= 4 is 5.69 Å². The molecule has 0 heterocycles. The van der Waals surface area contributed by atoms with Gasteiger partial charge >= 0.3 is 0 Å². The Bertz CT molecular complexity index is 601. The summed E-state index contributed by atoms with van der Waals surface area (Å²) in [5.74, 6) is 0.243. The van der Waals surface area contributed by atoms with Gasteiger partial charge in [0.1, 0.15) is 11.6 Å². The highest BCUT2D eigenvalue weighted by molar-refractivity contribution is 5.48. The molecule has 2 aromatic rings. The van der Waals surface area contributed by atoms with Crippen molar-refractivity contribution in [1.82, 2.24) is 0 Å². The van der Waals surface area contributed by atoms with Crippen LogP contribution in [0.15, 0.2) is 42.5 Å². The molecule has 1 atom stereocenters. The standard InChI is InChI=1S/C17H20FNO2/c1-12(16-8-7-15(21-3)10-17(16)18)19-14-6-4-5-13(9-14)11-20-2/h4-10,12,19H,11H2,1-3H3. The van der Waals surface area contributed by atoms with Crippen LogP contribution in [0.4, 0.5) is 10.1 Å². The highest BCUT2D eigenvalue weighted by Crippen LogP contribution is 2.25. The molecule has 3 nitrogen and oxygen atoms in total. The Morgan fingerprint density at radius 2 is 1.95 bits per heavy atom. The van der Waals surface area contributed by atoms with Crippen LogP contribution in [0.2, 0.25) is 0 Å². The third-order valence-corrected chi connectivity index (χ3v) is 3.30. The fraction of sp³-hybridized carbons (Fsp3) is 0.294. The zero-order chi connectivity index (χ0) is 15.2. The Hall–Kier alpha value is -2.07. The van der Waals surface area contributed by atoms with E-state index >= 15 is 0 Å². The van der Waals surface area contributed by atoms with Gasteiger partial charge in [-0.05, 0) is 30.7 Å². The largest absolute Gasteiger partial charge is 0.497 e. The van der Waals surface area contributed by atoms with E-state index in [9.17, 15) is 4.39 Å². The molecule has 0 aromatic heterocycles. The van der Waals surface area contributed by atoms with Crippen LogP contribution in [0.25, 0.3) is 0 Å². The molecule has 1 unspecified atom stereocenters. The Morgan fingerprint density at radius 3 is 2.62 bits per heavy atom. The van der Waals surface area contributed by atoms with Crippen molar-refractivity contribution in [1.29, 1.82) is 0 Å². The zero-order valence-electron chi connectivity index (χ0n) is 12.5. The lowest BCUT2D eigenvalue weighted by Crippen LogP contribution is -2.09. The van der Waals surface area contributed by atoms with Gasteiger partial charge in [0.15, 0.2) is 0 Å². The summed E-state index contributed by atoms with van der Waals surface area (Å²) in [5.41, 5.74) is 2.62. The molecule has 0 radical (unpaired) electrons. The van der Waals surface area contributed by atoms with Crippen LogP contribution in [-0.2, 0) is 11.3 Å². The van der Waals surface area contributed by atoms with Crippen molar-refractivity contribution < 1.29 is 13.9 Å². The normalized spacial score (nSPS) is 12.0. The van der Waals surface area contributed by atoms with Crippen LogP contribution < -0.4 is 10.1 Å². The number of benzene rings is 2. The third kappa shape index (κ3) is 3.95. The smallest absolute Gasteiger partial charge is 0.132 e. The van der Waals surface area contributed by atoms with Crippen LogP contribution >= 0.6 is 0 Å². The average molecular weight is 289 g/mol. The fourth-order valence-corrected chi connectivity index (χ4v) is 2.23. The zero-order valence-corrected chi connectivity index (χ0v) is 12.5. The highest BCUT2D eigenvalue weighted by Gasteiger charge is 2.12. The van der Waals surface area contributed by atoms with Gasteiger partial charge < -0.3 is 14.8 Å².